The number of nitrogens with one attached hydrogen (secondary N) is 2. The first-order valence-electron chi connectivity index (χ1n) is 10.3. The lowest BCUT2D eigenvalue weighted by atomic mass is 10.1. The van der Waals surface area contributed by atoms with Gasteiger partial charge in [-0.3, -0.25) is 9.59 Å². The van der Waals surface area contributed by atoms with Crippen LogP contribution < -0.4 is 10.6 Å². The fourth-order valence-electron chi connectivity index (χ4n) is 3.55. The summed E-state index contributed by atoms with van der Waals surface area (Å²) in [4.78, 5) is 27.1. The summed E-state index contributed by atoms with van der Waals surface area (Å²) in [7, 11) is 1.76. The molecule has 0 radical (unpaired) electrons. The second-order valence-corrected chi connectivity index (χ2v) is 8.73. The molecule has 1 aliphatic heterocycles. The molecule has 2 amide bonds. The first kappa shape index (κ1) is 21.9. The second-order valence-electron chi connectivity index (χ2n) is 7.70. The smallest absolute Gasteiger partial charge is 0.253 e. The molecular formula is C25H24FN3O2S. The molecule has 3 aromatic carbocycles. The number of nitrogens with zero attached hydrogens (tertiary/aromatic N) is 1. The van der Waals surface area contributed by atoms with Crippen molar-refractivity contribution in [1.29, 1.82) is 0 Å². The molecular weight excluding hydrogens is 425 g/mol. The van der Waals surface area contributed by atoms with Gasteiger partial charge in [-0.1, -0.05) is 48.5 Å². The van der Waals surface area contributed by atoms with E-state index in [1.807, 2.05) is 36.4 Å². The molecule has 0 saturated heterocycles. The molecule has 1 atom stereocenters. The van der Waals surface area contributed by atoms with Crippen molar-refractivity contribution in [3.05, 3.63) is 95.3 Å². The van der Waals surface area contributed by atoms with E-state index in [2.05, 4.69) is 10.6 Å². The van der Waals surface area contributed by atoms with Crippen LogP contribution in [0.25, 0.3) is 0 Å². The molecule has 0 aromatic heterocycles. The number of anilines is 2. The molecule has 0 aliphatic carbocycles. The zero-order valence-electron chi connectivity index (χ0n) is 17.7. The number of halogens is 1. The Morgan fingerprint density at radius 1 is 1.03 bits per heavy atom. The summed E-state index contributed by atoms with van der Waals surface area (Å²) in [6.07, 6.45) is 0. The fraction of sp³-hybridized carbons (Fsp3) is 0.200. The number of thioether (sulfide) groups is 1. The maximum Gasteiger partial charge on any atom is 0.253 e. The van der Waals surface area contributed by atoms with E-state index in [0.29, 0.717) is 34.9 Å². The predicted octanol–water partition coefficient (Wildman–Crippen LogP) is 4.76. The van der Waals surface area contributed by atoms with E-state index in [-0.39, 0.29) is 17.6 Å². The molecule has 1 aliphatic rings. The van der Waals surface area contributed by atoms with Crippen LogP contribution >= 0.6 is 11.8 Å². The highest BCUT2D eigenvalue weighted by molar-refractivity contribution is 7.98. The lowest BCUT2D eigenvalue weighted by Crippen LogP contribution is -2.40. The summed E-state index contributed by atoms with van der Waals surface area (Å²) in [6, 6.07) is 21.3. The molecule has 164 valence electrons. The zero-order valence-corrected chi connectivity index (χ0v) is 18.5. The van der Waals surface area contributed by atoms with Gasteiger partial charge in [-0.05, 0) is 35.4 Å². The topological polar surface area (TPSA) is 61.4 Å². The molecule has 1 unspecified atom stereocenters. The summed E-state index contributed by atoms with van der Waals surface area (Å²) in [5, 5.41) is 6.13. The summed E-state index contributed by atoms with van der Waals surface area (Å²) < 4.78 is 13.8. The van der Waals surface area contributed by atoms with Crippen LogP contribution in [-0.4, -0.2) is 35.6 Å². The number of benzene rings is 3. The average Bonchev–Trinajstić information content (AvgIpc) is 2.80. The van der Waals surface area contributed by atoms with Crippen LogP contribution in [-0.2, 0) is 17.1 Å². The molecule has 1 heterocycles. The van der Waals surface area contributed by atoms with Gasteiger partial charge in [0.15, 0.2) is 0 Å². The van der Waals surface area contributed by atoms with Gasteiger partial charge >= 0.3 is 0 Å². The van der Waals surface area contributed by atoms with E-state index < -0.39 is 6.04 Å². The Hall–Kier alpha value is -3.32. The number of carbonyl (C=O) groups is 2. The van der Waals surface area contributed by atoms with Crippen LogP contribution in [0.2, 0.25) is 0 Å². The highest BCUT2D eigenvalue weighted by Crippen LogP contribution is 2.30. The van der Waals surface area contributed by atoms with Crippen molar-refractivity contribution in [2.24, 2.45) is 0 Å². The number of amides is 2. The third-order valence-corrected chi connectivity index (χ3v) is 6.36. The minimum absolute atomic E-state index is 0.117. The normalized spacial score (nSPS) is 14.8. The van der Waals surface area contributed by atoms with Crippen LogP contribution in [0.4, 0.5) is 15.8 Å². The van der Waals surface area contributed by atoms with Gasteiger partial charge in [-0.2, -0.15) is 11.8 Å². The molecule has 5 nitrogen and oxygen atoms in total. The summed E-state index contributed by atoms with van der Waals surface area (Å²) in [5.74, 6) is 0.474. The maximum atomic E-state index is 13.8. The molecule has 3 aromatic rings. The highest BCUT2D eigenvalue weighted by Gasteiger charge is 2.26. The molecule has 7 heteroatoms. The van der Waals surface area contributed by atoms with Crippen molar-refractivity contribution in [3.8, 4) is 0 Å². The van der Waals surface area contributed by atoms with E-state index in [4.69, 9.17) is 0 Å². The molecule has 0 saturated carbocycles. The number of hydrogen-bond donors (Lipinski definition) is 2. The van der Waals surface area contributed by atoms with Gasteiger partial charge in [-0.25, -0.2) is 4.39 Å². The van der Waals surface area contributed by atoms with E-state index in [9.17, 15) is 14.0 Å². The van der Waals surface area contributed by atoms with Crippen molar-refractivity contribution in [1.82, 2.24) is 4.90 Å². The Morgan fingerprint density at radius 2 is 1.78 bits per heavy atom. The first-order valence-corrected chi connectivity index (χ1v) is 11.5. The third kappa shape index (κ3) is 5.11. The average molecular weight is 450 g/mol. The van der Waals surface area contributed by atoms with Gasteiger partial charge < -0.3 is 15.5 Å². The van der Waals surface area contributed by atoms with Crippen molar-refractivity contribution in [2.75, 3.05) is 23.4 Å². The molecule has 4 rings (SSSR count). The number of fused-ring (bicyclic) bond motifs is 1. The van der Waals surface area contributed by atoms with Gasteiger partial charge in [-0.15, -0.1) is 0 Å². The fourth-order valence-corrected chi connectivity index (χ4v) is 4.59. The Labute approximate surface area is 191 Å². The van der Waals surface area contributed by atoms with Gasteiger partial charge in [0.2, 0.25) is 5.91 Å². The van der Waals surface area contributed by atoms with E-state index in [1.54, 1.807) is 42.3 Å². The Bertz CT molecular complexity index is 1120. The third-order valence-electron chi connectivity index (χ3n) is 5.28. The lowest BCUT2D eigenvalue weighted by Gasteiger charge is -2.27. The van der Waals surface area contributed by atoms with Crippen LogP contribution in [0.3, 0.4) is 0 Å². The SMILES string of the molecule is CN(Cc1ccccc1)C(=O)c1ccc2c(c1)NC(=O)C(CSCc1ccccc1F)N2. The lowest BCUT2D eigenvalue weighted by molar-refractivity contribution is -0.116. The van der Waals surface area contributed by atoms with Gasteiger partial charge in [0.1, 0.15) is 11.9 Å². The largest absolute Gasteiger partial charge is 0.371 e. The predicted molar refractivity (Wildman–Crippen MR) is 127 cm³/mol. The quantitative estimate of drug-likeness (QED) is 0.546. The molecule has 2 N–H and O–H groups in total. The Kier molecular flexibility index (Phi) is 6.75. The minimum Gasteiger partial charge on any atom is -0.371 e. The van der Waals surface area contributed by atoms with Crippen molar-refractivity contribution in [3.63, 3.8) is 0 Å². The number of hydrogen-bond acceptors (Lipinski definition) is 4. The minimum atomic E-state index is -0.429. The summed E-state index contributed by atoms with van der Waals surface area (Å²) >= 11 is 1.49. The molecule has 0 spiro atoms. The number of rotatable bonds is 7. The summed E-state index contributed by atoms with van der Waals surface area (Å²) in [6.45, 7) is 0.503. The molecule has 32 heavy (non-hydrogen) atoms. The van der Waals surface area contributed by atoms with Crippen molar-refractivity contribution in [2.45, 2.75) is 18.3 Å². The van der Waals surface area contributed by atoms with Gasteiger partial charge in [0.25, 0.3) is 5.91 Å². The van der Waals surface area contributed by atoms with Crippen LogP contribution in [0.1, 0.15) is 21.5 Å². The standard InChI is InChI=1S/C25H24FN3O2S/c1-29(14-17-7-3-2-4-8-17)25(31)18-11-12-21-22(13-18)28-24(30)23(27-21)16-32-15-19-9-5-6-10-20(19)26/h2-13,23,27H,14-16H2,1H3,(H,28,30). The first-order chi connectivity index (χ1) is 15.5. The van der Waals surface area contributed by atoms with E-state index in [1.165, 1.54) is 17.8 Å². The second kappa shape index (κ2) is 9.87. The highest BCUT2D eigenvalue weighted by atomic mass is 32.2. The Morgan fingerprint density at radius 3 is 2.56 bits per heavy atom. The van der Waals surface area contributed by atoms with E-state index >= 15 is 0 Å². The zero-order chi connectivity index (χ0) is 22.5. The van der Waals surface area contributed by atoms with Crippen LogP contribution in [0.5, 0.6) is 0 Å². The monoisotopic (exact) mass is 449 g/mol. The molecule has 0 fully saturated rings. The summed E-state index contributed by atoms with van der Waals surface area (Å²) in [5.41, 5.74) is 3.54. The van der Waals surface area contributed by atoms with Gasteiger partial charge in [0.05, 0.1) is 11.4 Å². The Balaban J connectivity index is 1.37. The number of carbonyl (C=O) groups excluding carboxylic acids is 2. The van der Waals surface area contributed by atoms with E-state index in [0.717, 1.165) is 11.3 Å². The molecule has 0 bridgehead atoms. The maximum absolute atomic E-state index is 13.8. The van der Waals surface area contributed by atoms with Crippen molar-refractivity contribution >= 4 is 35.0 Å². The van der Waals surface area contributed by atoms with Crippen LogP contribution in [0.15, 0.2) is 72.8 Å². The van der Waals surface area contributed by atoms with Crippen molar-refractivity contribution < 1.29 is 14.0 Å². The van der Waals surface area contributed by atoms with Gasteiger partial charge in [0, 0.05) is 30.7 Å². The van der Waals surface area contributed by atoms with Crippen LogP contribution in [0, 0.1) is 5.82 Å².